The topological polar surface area (TPSA) is 34.2 Å². The largest absolute Gasteiger partial charge is 0.456 e. The second-order valence-corrected chi connectivity index (χ2v) is 5.54. The predicted octanol–water partition coefficient (Wildman–Crippen LogP) is 4.13. The first-order valence-corrected chi connectivity index (χ1v) is 7.03. The van der Waals surface area contributed by atoms with Gasteiger partial charge >= 0.3 is 0 Å². The van der Waals surface area contributed by atoms with E-state index in [1.54, 1.807) is 6.20 Å². The van der Waals surface area contributed by atoms with Crippen LogP contribution >= 0.6 is 15.9 Å². The molecule has 0 unspecified atom stereocenters. The van der Waals surface area contributed by atoms with Crippen molar-refractivity contribution in [3.63, 3.8) is 0 Å². The normalized spacial score (nSPS) is 10.7. The zero-order valence-electron chi connectivity index (χ0n) is 11.1. The smallest absolute Gasteiger partial charge is 0.146 e. The summed E-state index contributed by atoms with van der Waals surface area (Å²) >= 11 is 3.40. The highest BCUT2D eigenvalue weighted by Gasteiger charge is 2.01. The number of nitrogens with zero attached hydrogens (tertiary/aromatic N) is 1. The highest BCUT2D eigenvalue weighted by atomic mass is 79.9. The molecule has 0 saturated heterocycles. The third kappa shape index (κ3) is 4.65. The lowest BCUT2D eigenvalue weighted by molar-refractivity contribution is 0.478. The highest BCUT2D eigenvalue weighted by Crippen LogP contribution is 2.23. The van der Waals surface area contributed by atoms with Gasteiger partial charge in [0.2, 0.25) is 0 Å². The Morgan fingerprint density at radius 3 is 2.58 bits per heavy atom. The van der Waals surface area contributed by atoms with Gasteiger partial charge in [-0.15, -0.1) is 0 Å². The van der Waals surface area contributed by atoms with Gasteiger partial charge < -0.3 is 10.1 Å². The van der Waals surface area contributed by atoms with E-state index in [1.165, 1.54) is 0 Å². The maximum atomic E-state index is 5.77. The van der Waals surface area contributed by atoms with Crippen LogP contribution in [-0.2, 0) is 6.54 Å². The Balaban J connectivity index is 2.04. The van der Waals surface area contributed by atoms with Crippen molar-refractivity contribution in [3.05, 3.63) is 52.8 Å². The van der Waals surface area contributed by atoms with Crippen molar-refractivity contribution in [1.82, 2.24) is 10.3 Å². The van der Waals surface area contributed by atoms with E-state index in [0.29, 0.717) is 6.04 Å². The molecular formula is C15H17BrN2O. The average Bonchev–Trinajstić information content (AvgIpc) is 2.40. The van der Waals surface area contributed by atoms with Crippen LogP contribution in [0.3, 0.4) is 0 Å². The van der Waals surface area contributed by atoms with Gasteiger partial charge in [0.1, 0.15) is 11.5 Å². The van der Waals surface area contributed by atoms with Crippen LogP contribution in [0.25, 0.3) is 0 Å². The fourth-order valence-corrected chi connectivity index (χ4v) is 1.84. The first-order chi connectivity index (χ1) is 9.13. The molecule has 100 valence electrons. The minimum atomic E-state index is 0.455. The Labute approximate surface area is 122 Å². The van der Waals surface area contributed by atoms with E-state index < -0.39 is 0 Å². The van der Waals surface area contributed by atoms with Crippen molar-refractivity contribution < 1.29 is 4.74 Å². The molecule has 1 N–H and O–H groups in total. The van der Waals surface area contributed by atoms with Crippen LogP contribution in [0.2, 0.25) is 0 Å². The van der Waals surface area contributed by atoms with Gasteiger partial charge in [-0.2, -0.15) is 0 Å². The van der Waals surface area contributed by atoms with Crippen molar-refractivity contribution in [2.75, 3.05) is 0 Å². The molecule has 0 spiro atoms. The van der Waals surface area contributed by atoms with Crippen molar-refractivity contribution in [3.8, 4) is 11.5 Å². The monoisotopic (exact) mass is 320 g/mol. The van der Waals surface area contributed by atoms with Gasteiger partial charge in [-0.3, -0.25) is 4.98 Å². The molecule has 1 aromatic carbocycles. The molecule has 0 aliphatic carbocycles. The maximum Gasteiger partial charge on any atom is 0.146 e. The zero-order chi connectivity index (χ0) is 13.7. The SMILES string of the molecule is CC(C)NCc1cncc(Oc2ccc(Br)cc2)c1. The minimum absolute atomic E-state index is 0.455. The number of ether oxygens (including phenoxy) is 1. The molecule has 1 aromatic heterocycles. The van der Waals surface area contributed by atoms with Crippen molar-refractivity contribution in [2.45, 2.75) is 26.4 Å². The Kier molecular flexibility index (Phi) is 4.93. The van der Waals surface area contributed by atoms with Crippen molar-refractivity contribution in [1.29, 1.82) is 0 Å². The van der Waals surface area contributed by atoms with Crippen LogP contribution in [-0.4, -0.2) is 11.0 Å². The molecule has 0 saturated carbocycles. The Hall–Kier alpha value is -1.39. The molecule has 0 fully saturated rings. The first-order valence-electron chi connectivity index (χ1n) is 6.24. The molecule has 0 aliphatic rings. The second kappa shape index (κ2) is 6.68. The number of benzene rings is 1. The van der Waals surface area contributed by atoms with Crippen LogP contribution in [0, 0.1) is 0 Å². The van der Waals surface area contributed by atoms with Gasteiger partial charge in [0.25, 0.3) is 0 Å². The number of aromatic nitrogens is 1. The fourth-order valence-electron chi connectivity index (χ4n) is 1.58. The van der Waals surface area contributed by atoms with Gasteiger partial charge in [-0.05, 0) is 35.9 Å². The summed E-state index contributed by atoms with van der Waals surface area (Å²) in [5, 5.41) is 3.36. The molecule has 4 heteroatoms. The second-order valence-electron chi connectivity index (χ2n) is 4.62. The Bertz CT molecular complexity index is 526. The molecule has 0 aliphatic heterocycles. The van der Waals surface area contributed by atoms with E-state index >= 15 is 0 Å². The maximum absolute atomic E-state index is 5.77. The van der Waals surface area contributed by atoms with Crippen LogP contribution in [0.5, 0.6) is 11.5 Å². The van der Waals surface area contributed by atoms with Crippen LogP contribution in [0.15, 0.2) is 47.2 Å². The molecule has 19 heavy (non-hydrogen) atoms. The van der Waals surface area contributed by atoms with Crippen LogP contribution in [0.1, 0.15) is 19.4 Å². The molecule has 1 heterocycles. The number of halogens is 1. The molecule has 0 amide bonds. The summed E-state index contributed by atoms with van der Waals surface area (Å²) in [6.45, 7) is 5.04. The van der Waals surface area contributed by atoms with E-state index in [1.807, 2.05) is 36.5 Å². The van der Waals surface area contributed by atoms with E-state index in [9.17, 15) is 0 Å². The zero-order valence-corrected chi connectivity index (χ0v) is 12.6. The number of rotatable bonds is 5. The summed E-state index contributed by atoms with van der Waals surface area (Å²) in [5.74, 6) is 1.56. The highest BCUT2D eigenvalue weighted by molar-refractivity contribution is 9.10. The summed E-state index contributed by atoms with van der Waals surface area (Å²) in [5.41, 5.74) is 1.11. The van der Waals surface area contributed by atoms with Gasteiger partial charge in [-0.25, -0.2) is 0 Å². The summed E-state index contributed by atoms with van der Waals surface area (Å²) in [7, 11) is 0. The van der Waals surface area contributed by atoms with Crippen LogP contribution < -0.4 is 10.1 Å². The fraction of sp³-hybridized carbons (Fsp3) is 0.267. The molecule has 0 atom stereocenters. The Morgan fingerprint density at radius 1 is 1.16 bits per heavy atom. The molecule has 3 nitrogen and oxygen atoms in total. The number of pyridine rings is 1. The summed E-state index contributed by atoms with van der Waals surface area (Å²) in [6, 6.07) is 10.2. The van der Waals surface area contributed by atoms with Crippen molar-refractivity contribution >= 4 is 15.9 Å². The average molecular weight is 321 g/mol. The molecular weight excluding hydrogens is 304 g/mol. The molecule has 2 aromatic rings. The summed E-state index contributed by atoms with van der Waals surface area (Å²) in [6.07, 6.45) is 3.57. The standard InChI is InChI=1S/C15H17BrN2O/c1-11(2)18-9-12-7-15(10-17-8-12)19-14-5-3-13(16)4-6-14/h3-8,10-11,18H,9H2,1-2H3. The summed E-state index contributed by atoms with van der Waals surface area (Å²) in [4.78, 5) is 4.20. The number of hydrogen-bond acceptors (Lipinski definition) is 3. The van der Waals surface area contributed by atoms with Gasteiger partial charge in [0.05, 0.1) is 6.20 Å². The lowest BCUT2D eigenvalue weighted by Crippen LogP contribution is -2.21. The lowest BCUT2D eigenvalue weighted by Gasteiger charge is -2.10. The van der Waals surface area contributed by atoms with Crippen molar-refractivity contribution in [2.24, 2.45) is 0 Å². The van der Waals surface area contributed by atoms with E-state index in [0.717, 1.165) is 28.1 Å². The Morgan fingerprint density at radius 2 is 1.89 bits per heavy atom. The minimum Gasteiger partial charge on any atom is -0.456 e. The molecule has 0 radical (unpaired) electrons. The lowest BCUT2D eigenvalue weighted by atomic mass is 10.2. The summed E-state index contributed by atoms with van der Waals surface area (Å²) < 4.78 is 6.80. The first kappa shape index (κ1) is 14.0. The quantitative estimate of drug-likeness (QED) is 0.899. The predicted molar refractivity (Wildman–Crippen MR) is 80.4 cm³/mol. The van der Waals surface area contributed by atoms with Gasteiger partial charge in [-0.1, -0.05) is 29.8 Å². The van der Waals surface area contributed by atoms with Gasteiger partial charge in [0.15, 0.2) is 0 Å². The number of hydrogen-bond donors (Lipinski definition) is 1. The number of nitrogens with one attached hydrogen (secondary N) is 1. The third-order valence-electron chi connectivity index (χ3n) is 2.53. The molecule has 2 rings (SSSR count). The van der Waals surface area contributed by atoms with E-state index in [-0.39, 0.29) is 0 Å². The van der Waals surface area contributed by atoms with Gasteiger partial charge in [0, 0.05) is 23.3 Å². The van der Waals surface area contributed by atoms with Crippen LogP contribution in [0.4, 0.5) is 0 Å². The molecule has 0 bridgehead atoms. The third-order valence-corrected chi connectivity index (χ3v) is 3.06. The van der Waals surface area contributed by atoms with E-state index in [2.05, 4.69) is 40.1 Å². The van der Waals surface area contributed by atoms with E-state index in [4.69, 9.17) is 4.74 Å².